The highest BCUT2D eigenvalue weighted by molar-refractivity contribution is 5.93. The summed E-state index contributed by atoms with van der Waals surface area (Å²) in [7, 11) is 0. The third-order valence-corrected chi connectivity index (χ3v) is 4.31. The molecule has 2 aromatic carbocycles. The molecule has 0 aliphatic heterocycles. The molecule has 5 aromatic rings. The zero-order chi connectivity index (χ0) is 16.8. The molecule has 0 spiro atoms. The van der Waals surface area contributed by atoms with Gasteiger partial charge >= 0.3 is 0 Å². The first-order valence-electron chi connectivity index (χ1n) is 7.88. The Morgan fingerprint density at radius 2 is 1.92 bits per heavy atom. The molecule has 7 nitrogen and oxygen atoms in total. The Morgan fingerprint density at radius 3 is 2.84 bits per heavy atom. The molecule has 7 heteroatoms. The zero-order valence-electron chi connectivity index (χ0n) is 13.4. The quantitative estimate of drug-likeness (QED) is 0.519. The van der Waals surface area contributed by atoms with E-state index in [4.69, 9.17) is 0 Å². The molecule has 0 radical (unpaired) electrons. The average Bonchev–Trinajstić information content (AvgIpc) is 3.25. The number of hydrogen-bond acceptors (Lipinski definition) is 5. The molecule has 25 heavy (non-hydrogen) atoms. The van der Waals surface area contributed by atoms with E-state index in [2.05, 4.69) is 35.6 Å². The van der Waals surface area contributed by atoms with Crippen LogP contribution in [0, 0.1) is 6.92 Å². The van der Waals surface area contributed by atoms with Gasteiger partial charge in [-0.15, -0.1) is 10.2 Å². The summed E-state index contributed by atoms with van der Waals surface area (Å²) in [4.78, 5) is 8.05. The van der Waals surface area contributed by atoms with E-state index in [0.717, 1.165) is 50.3 Å². The van der Waals surface area contributed by atoms with Gasteiger partial charge in [0.25, 0.3) is 0 Å². The van der Waals surface area contributed by atoms with Crippen LogP contribution in [0.1, 0.15) is 5.69 Å². The minimum Gasteiger partial charge on any atom is -0.337 e. The minimum atomic E-state index is 0.743. The molecule has 0 aliphatic rings. The van der Waals surface area contributed by atoms with Crippen molar-refractivity contribution in [2.75, 3.05) is 0 Å². The molecular formula is C18H13N7. The number of benzene rings is 2. The molecule has 0 bridgehead atoms. The summed E-state index contributed by atoms with van der Waals surface area (Å²) in [6, 6.07) is 14.1. The van der Waals surface area contributed by atoms with Crippen LogP contribution in [-0.2, 0) is 0 Å². The number of rotatable bonds is 2. The summed E-state index contributed by atoms with van der Waals surface area (Å²) in [6.07, 6.45) is 1.72. The summed E-state index contributed by atoms with van der Waals surface area (Å²) in [6.45, 7) is 1.92. The molecule has 0 atom stereocenters. The molecule has 5 rings (SSSR count). The molecule has 0 fully saturated rings. The van der Waals surface area contributed by atoms with Gasteiger partial charge in [0.2, 0.25) is 0 Å². The molecule has 0 saturated carbocycles. The van der Waals surface area contributed by atoms with Crippen molar-refractivity contribution in [2.24, 2.45) is 0 Å². The Hall–Kier alpha value is -3.61. The van der Waals surface area contributed by atoms with E-state index in [-0.39, 0.29) is 0 Å². The van der Waals surface area contributed by atoms with Crippen molar-refractivity contribution in [2.45, 2.75) is 6.92 Å². The summed E-state index contributed by atoms with van der Waals surface area (Å²) >= 11 is 0. The van der Waals surface area contributed by atoms with Crippen molar-refractivity contribution >= 4 is 21.9 Å². The van der Waals surface area contributed by atoms with Crippen molar-refractivity contribution in [1.82, 2.24) is 35.6 Å². The van der Waals surface area contributed by atoms with Crippen molar-refractivity contribution in [1.29, 1.82) is 0 Å². The monoisotopic (exact) mass is 327 g/mol. The van der Waals surface area contributed by atoms with Crippen LogP contribution in [0.5, 0.6) is 0 Å². The minimum absolute atomic E-state index is 0.743. The predicted octanol–water partition coefficient (Wildman–Crippen LogP) is 3.27. The van der Waals surface area contributed by atoms with Crippen molar-refractivity contribution in [3.63, 3.8) is 0 Å². The third-order valence-electron chi connectivity index (χ3n) is 4.31. The number of aromatic amines is 2. The summed E-state index contributed by atoms with van der Waals surface area (Å²) < 4.78 is 0. The molecule has 120 valence electrons. The van der Waals surface area contributed by atoms with E-state index in [9.17, 15) is 0 Å². The summed E-state index contributed by atoms with van der Waals surface area (Å²) in [5.74, 6) is 0.743. The molecule has 0 amide bonds. The lowest BCUT2D eigenvalue weighted by Crippen LogP contribution is -1.93. The second-order valence-corrected chi connectivity index (χ2v) is 5.87. The van der Waals surface area contributed by atoms with Gasteiger partial charge in [0.05, 0.1) is 28.4 Å². The topological polar surface area (TPSA) is 96.0 Å². The highest BCUT2D eigenvalue weighted by Gasteiger charge is 2.13. The van der Waals surface area contributed by atoms with Crippen LogP contribution in [0.3, 0.4) is 0 Å². The summed E-state index contributed by atoms with van der Waals surface area (Å²) in [5, 5.41) is 20.1. The van der Waals surface area contributed by atoms with Gasteiger partial charge in [0.1, 0.15) is 5.69 Å². The number of aromatic nitrogens is 7. The van der Waals surface area contributed by atoms with Crippen LogP contribution in [0.4, 0.5) is 0 Å². The van der Waals surface area contributed by atoms with Crippen LogP contribution in [0.2, 0.25) is 0 Å². The summed E-state index contributed by atoms with van der Waals surface area (Å²) in [5.41, 5.74) is 6.45. The number of fused-ring (bicyclic) bond motifs is 2. The highest BCUT2D eigenvalue weighted by Crippen LogP contribution is 2.28. The van der Waals surface area contributed by atoms with Gasteiger partial charge in [-0.1, -0.05) is 24.3 Å². The Labute approximate surface area is 142 Å². The Morgan fingerprint density at radius 1 is 1.00 bits per heavy atom. The van der Waals surface area contributed by atoms with Crippen LogP contribution in [0.25, 0.3) is 44.6 Å². The standard InChI is InChI=1S/C18H13N7/c1-10-13(9-19-25-22-10)11-6-7-15-16(8-11)21-18(20-15)17-12-4-2-3-5-14(12)23-24-17/h2-9H,1H3,(H,20,21)(H,23,24). The highest BCUT2D eigenvalue weighted by atomic mass is 15.3. The Balaban J connectivity index is 1.66. The smallest absolute Gasteiger partial charge is 0.159 e. The van der Waals surface area contributed by atoms with E-state index >= 15 is 0 Å². The van der Waals surface area contributed by atoms with Gasteiger partial charge in [0.15, 0.2) is 5.82 Å². The number of para-hydroxylation sites is 1. The number of aryl methyl sites for hydroxylation is 1. The maximum Gasteiger partial charge on any atom is 0.159 e. The predicted molar refractivity (Wildman–Crippen MR) is 94.7 cm³/mol. The number of hydrogen-bond donors (Lipinski definition) is 2. The second-order valence-electron chi connectivity index (χ2n) is 5.87. The van der Waals surface area contributed by atoms with Gasteiger partial charge in [0, 0.05) is 10.9 Å². The first kappa shape index (κ1) is 13.8. The molecule has 3 heterocycles. The lowest BCUT2D eigenvalue weighted by Gasteiger charge is -2.02. The lowest BCUT2D eigenvalue weighted by atomic mass is 10.1. The van der Waals surface area contributed by atoms with Gasteiger partial charge in [-0.2, -0.15) is 5.10 Å². The van der Waals surface area contributed by atoms with Gasteiger partial charge in [-0.25, -0.2) is 4.98 Å². The molecule has 0 aliphatic carbocycles. The maximum absolute atomic E-state index is 4.68. The van der Waals surface area contributed by atoms with Crippen LogP contribution >= 0.6 is 0 Å². The molecular weight excluding hydrogens is 314 g/mol. The normalized spacial score (nSPS) is 11.4. The largest absolute Gasteiger partial charge is 0.337 e. The fourth-order valence-electron chi connectivity index (χ4n) is 3.04. The number of nitrogens with zero attached hydrogens (tertiary/aromatic N) is 5. The second kappa shape index (κ2) is 5.20. The van der Waals surface area contributed by atoms with E-state index in [0.29, 0.717) is 0 Å². The van der Waals surface area contributed by atoms with Gasteiger partial charge in [-0.05, 0) is 35.9 Å². The van der Waals surface area contributed by atoms with E-state index in [1.807, 2.05) is 49.4 Å². The molecule has 0 saturated heterocycles. The number of nitrogens with one attached hydrogen (secondary N) is 2. The maximum atomic E-state index is 4.68. The first-order chi connectivity index (χ1) is 12.3. The fourth-order valence-corrected chi connectivity index (χ4v) is 3.04. The zero-order valence-corrected chi connectivity index (χ0v) is 13.4. The fraction of sp³-hybridized carbons (Fsp3) is 0.0556. The van der Waals surface area contributed by atoms with Gasteiger partial charge in [-0.3, -0.25) is 5.10 Å². The first-order valence-corrected chi connectivity index (χ1v) is 7.88. The van der Waals surface area contributed by atoms with Crippen molar-refractivity contribution in [3.8, 4) is 22.6 Å². The van der Waals surface area contributed by atoms with Crippen molar-refractivity contribution < 1.29 is 0 Å². The van der Waals surface area contributed by atoms with Crippen LogP contribution < -0.4 is 0 Å². The Bertz CT molecular complexity index is 1220. The Kier molecular flexibility index (Phi) is 2.87. The van der Waals surface area contributed by atoms with Crippen molar-refractivity contribution in [3.05, 3.63) is 54.4 Å². The third kappa shape index (κ3) is 2.17. The molecule has 2 N–H and O–H groups in total. The van der Waals surface area contributed by atoms with Crippen LogP contribution in [-0.4, -0.2) is 35.6 Å². The molecule has 0 unspecified atom stereocenters. The number of imidazole rings is 1. The van der Waals surface area contributed by atoms with E-state index in [1.165, 1.54) is 0 Å². The molecule has 3 aromatic heterocycles. The van der Waals surface area contributed by atoms with E-state index in [1.54, 1.807) is 6.20 Å². The SMILES string of the molecule is Cc1nnncc1-c1ccc2nc(-c3n[nH]c4ccccc34)[nH]c2c1. The average molecular weight is 327 g/mol. The number of H-pyrrole nitrogens is 2. The van der Waals surface area contributed by atoms with E-state index < -0.39 is 0 Å². The lowest BCUT2D eigenvalue weighted by molar-refractivity contribution is 0.842. The van der Waals surface area contributed by atoms with Gasteiger partial charge < -0.3 is 4.98 Å². The van der Waals surface area contributed by atoms with Crippen LogP contribution in [0.15, 0.2) is 48.7 Å².